The standard InChI is InChI=1S/C25H23ClFN7O4/c1-2-19(35)33-6-8-34(9-7-33)23-15-3-5-28-24(21(15)30-25(31-23)37-14-4-10-36-13-14)38-22-16-12-29-32-18(16)11-17(27)20(22)26/h2-3,5,11-12,14H,1,4,6-10,13H2,(H,29,32)/t14-/m0/s1. The van der Waals surface area contributed by atoms with Crippen molar-refractivity contribution >= 4 is 45.1 Å². The number of halogens is 2. The molecule has 0 bridgehead atoms. The zero-order valence-corrected chi connectivity index (χ0v) is 20.9. The average Bonchev–Trinajstić information content (AvgIpc) is 3.63. The molecule has 13 heteroatoms. The van der Waals surface area contributed by atoms with E-state index in [-0.39, 0.29) is 34.7 Å². The molecule has 3 aromatic heterocycles. The minimum absolute atomic E-state index is 0.0683. The highest BCUT2D eigenvalue weighted by Crippen LogP contribution is 2.40. The molecule has 4 aromatic rings. The van der Waals surface area contributed by atoms with E-state index >= 15 is 0 Å². The number of carbonyl (C=O) groups excluding carboxylic acids is 1. The number of nitrogens with one attached hydrogen (secondary N) is 1. The molecule has 2 aliphatic rings. The van der Waals surface area contributed by atoms with Crippen LogP contribution in [-0.2, 0) is 9.53 Å². The van der Waals surface area contributed by atoms with Gasteiger partial charge in [-0.15, -0.1) is 0 Å². The third-order valence-corrected chi connectivity index (χ3v) is 6.91. The number of rotatable bonds is 6. The first-order valence-electron chi connectivity index (χ1n) is 12.1. The van der Waals surface area contributed by atoms with Gasteiger partial charge in [-0.2, -0.15) is 15.1 Å². The topological polar surface area (TPSA) is 119 Å². The van der Waals surface area contributed by atoms with E-state index in [2.05, 4.69) is 31.6 Å². The Labute approximate surface area is 221 Å². The molecule has 1 aromatic carbocycles. The Hall–Kier alpha value is -4.03. The molecule has 2 saturated heterocycles. The lowest BCUT2D eigenvalue weighted by molar-refractivity contribution is -0.126. The molecule has 11 nitrogen and oxygen atoms in total. The van der Waals surface area contributed by atoms with Crippen LogP contribution in [0.5, 0.6) is 17.6 Å². The molecule has 0 aliphatic carbocycles. The van der Waals surface area contributed by atoms with Crippen LogP contribution in [0.1, 0.15) is 6.42 Å². The lowest BCUT2D eigenvalue weighted by Gasteiger charge is -2.35. The lowest BCUT2D eigenvalue weighted by atomic mass is 10.2. The smallest absolute Gasteiger partial charge is 0.319 e. The number of aromatic nitrogens is 5. The van der Waals surface area contributed by atoms with E-state index in [1.807, 2.05) is 0 Å². The quantitative estimate of drug-likeness (QED) is 0.367. The largest absolute Gasteiger partial charge is 0.458 e. The van der Waals surface area contributed by atoms with Gasteiger partial charge in [-0.05, 0) is 12.1 Å². The van der Waals surface area contributed by atoms with E-state index in [1.54, 1.807) is 17.2 Å². The monoisotopic (exact) mass is 539 g/mol. The highest BCUT2D eigenvalue weighted by Gasteiger charge is 2.26. The fourth-order valence-corrected chi connectivity index (χ4v) is 4.78. The number of carbonyl (C=O) groups is 1. The maximum absolute atomic E-state index is 14.5. The van der Waals surface area contributed by atoms with Crippen molar-refractivity contribution in [1.29, 1.82) is 0 Å². The van der Waals surface area contributed by atoms with Crippen molar-refractivity contribution in [1.82, 2.24) is 30.0 Å². The molecule has 2 fully saturated rings. The molecule has 0 spiro atoms. The number of anilines is 1. The molecule has 196 valence electrons. The summed E-state index contributed by atoms with van der Waals surface area (Å²) in [4.78, 5) is 29.6. The van der Waals surface area contributed by atoms with E-state index in [9.17, 15) is 9.18 Å². The van der Waals surface area contributed by atoms with Crippen LogP contribution in [0.4, 0.5) is 10.2 Å². The molecular formula is C25H23ClFN7O4. The molecule has 1 amide bonds. The van der Waals surface area contributed by atoms with Crippen LogP contribution in [0.15, 0.2) is 37.2 Å². The minimum Gasteiger partial charge on any atom is -0.458 e. The minimum atomic E-state index is -0.661. The van der Waals surface area contributed by atoms with Gasteiger partial charge in [0.1, 0.15) is 28.3 Å². The summed E-state index contributed by atoms with van der Waals surface area (Å²) in [5, 5.41) is 7.64. The molecule has 0 unspecified atom stereocenters. The normalized spacial score (nSPS) is 17.8. The Morgan fingerprint density at radius 1 is 1.26 bits per heavy atom. The third-order valence-electron chi connectivity index (χ3n) is 6.56. The van der Waals surface area contributed by atoms with E-state index in [1.165, 1.54) is 18.3 Å². The molecule has 0 saturated carbocycles. The summed E-state index contributed by atoms with van der Waals surface area (Å²) in [6.07, 6.45) is 4.90. The molecule has 6 rings (SSSR count). The van der Waals surface area contributed by atoms with Crippen molar-refractivity contribution in [3.05, 3.63) is 48.0 Å². The number of piperazine rings is 1. The first-order valence-corrected chi connectivity index (χ1v) is 12.5. The van der Waals surface area contributed by atoms with Gasteiger partial charge in [-0.3, -0.25) is 9.89 Å². The van der Waals surface area contributed by atoms with Crippen molar-refractivity contribution in [2.24, 2.45) is 0 Å². The Kier molecular flexibility index (Phi) is 6.42. The van der Waals surface area contributed by atoms with Gasteiger partial charge in [0, 0.05) is 44.9 Å². The number of aromatic amines is 1. The first-order chi connectivity index (χ1) is 18.5. The molecule has 1 atom stereocenters. The predicted octanol–water partition coefficient (Wildman–Crippen LogP) is 3.49. The Morgan fingerprint density at radius 3 is 2.87 bits per heavy atom. The van der Waals surface area contributed by atoms with Gasteiger partial charge in [0.2, 0.25) is 11.8 Å². The summed E-state index contributed by atoms with van der Waals surface area (Å²) >= 11 is 6.29. The number of pyridine rings is 1. The van der Waals surface area contributed by atoms with Gasteiger partial charge in [-0.25, -0.2) is 9.37 Å². The van der Waals surface area contributed by atoms with Crippen molar-refractivity contribution in [2.75, 3.05) is 44.3 Å². The SMILES string of the molecule is C=CC(=O)N1CCN(c2nc(O[C@H]3CCOC3)nc3c(Oc4c(Cl)c(F)cc5[nH]ncc45)nccc23)CC1. The van der Waals surface area contributed by atoms with Crippen LogP contribution < -0.4 is 14.4 Å². The predicted molar refractivity (Wildman–Crippen MR) is 137 cm³/mol. The summed E-state index contributed by atoms with van der Waals surface area (Å²) in [5.41, 5.74) is 0.794. The summed E-state index contributed by atoms with van der Waals surface area (Å²) < 4.78 is 32.1. The van der Waals surface area contributed by atoms with Crippen LogP contribution in [0.2, 0.25) is 5.02 Å². The molecule has 1 N–H and O–H groups in total. The fourth-order valence-electron chi connectivity index (χ4n) is 4.59. The number of nitrogens with zero attached hydrogens (tertiary/aromatic N) is 6. The second-order valence-corrected chi connectivity index (χ2v) is 9.27. The summed E-state index contributed by atoms with van der Waals surface area (Å²) in [6, 6.07) is 3.17. The number of ether oxygens (including phenoxy) is 3. The Balaban J connectivity index is 1.43. The number of benzene rings is 1. The van der Waals surface area contributed by atoms with Crippen molar-refractivity contribution < 1.29 is 23.4 Å². The lowest BCUT2D eigenvalue weighted by Crippen LogP contribution is -2.48. The molecule has 2 aliphatic heterocycles. The van der Waals surface area contributed by atoms with Gasteiger partial charge in [0.05, 0.1) is 35.7 Å². The van der Waals surface area contributed by atoms with Gasteiger partial charge >= 0.3 is 6.01 Å². The van der Waals surface area contributed by atoms with Gasteiger partial charge in [0.15, 0.2) is 5.75 Å². The maximum Gasteiger partial charge on any atom is 0.319 e. The molecule has 0 radical (unpaired) electrons. The van der Waals surface area contributed by atoms with Crippen molar-refractivity contribution in [3.8, 4) is 17.6 Å². The van der Waals surface area contributed by atoms with Crippen molar-refractivity contribution in [2.45, 2.75) is 12.5 Å². The first kappa shape index (κ1) is 24.3. The van der Waals surface area contributed by atoms with E-state index in [0.29, 0.717) is 73.4 Å². The van der Waals surface area contributed by atoms with Gasteiger partial charge < -0.3 is 24.0 Å². The second-order valence-electron chi connectivity index (χ2n) is 8.90. The van der Waals surface area contributed by atoms with E-state index in [0.717, 1.165) is 0 Å². The Bertz CT molecular complexity index is 1530. The van der Waals surface area contributed by atoms with Crippen LogP contribution in [0.25, 0.3) is 21.8 Å². The highest BCUT2D eigenvalue weighted by atomic mass is 35.5. The third kappa shape index (κ3) is 4.45. The van der Waals surface area contributed by atoms with E-state index in [4.69, 9.17) is 30.8 Å². The zero-order valence-electron chi connectivity index (χ0n) is 20.2. The average molecular weight is 540 g/mol. The van der Waals surface area contributed by atoms with Crippen LogP contribution >= 0.6 is 11.6 Å². The van der Waals surface area contributed by atoms with Crippen LogP contribution in [0.3, 0.4) is 0 Å². The van der Waals surface area contributed by atoms with Crippen molar-refractivity contribution in [3.63, 3.8) is 0 Å². The molecular weight excluding hydrogens is 517 g/mol. The second kappa shape index (κ2) is 10.0. The Morgan fingerprint density at radius 2 is 2.11 bits per heavy atom. The number of fused-ring (bicyclic) bond motifs is 2. The van der Waals surface area contributed by atoms with Gasteiger partial charge in [-0.1, -0.05) is 18.2 Å². The number of H-pyrrole nitrogens is 1. The number of hydrogen-bond donors (Lipinski definition) is 1. The molecule has 5 heterocycles. The number of amides is 1. The highest BCUT2D eigenvalue weighted by molar-refractivity contribution is 6.33. The van der Waals surface area contributed by atoms with Crippen LogP contribution in [0, 0.1) is 5.82 Å². The zero-order chi connectivity index (χ0) is 26.2. The summed E-state index contributed by atoms with van der Waals surface area (Å²) in [5.74, 6) is 0.0136. The van der Waals surface area contributed by atoms with Gasteiger partial charge in [0.25, 0.3) is 0 Å². The van der Waals surface area contributed by atoms with Crippen LogP contribution in [-0.4, -0.2) is 81.5 Å². The fraction of sp³-hybridized carbons (Fsp3) is 0.320. The molecule has 38 heavy (non-hydrogen) atoms. The van der Waals surface area contributed by atoms with E-state index < -0.39 is 5.82 Å². The summed E-state index contributed by atoms with van der Waals surface area (Å²) in [7, 11) is 0. The maximum atomic E-state index is 14.5. The number of hydrogen-bond acceptors (Lipinski definition) is 9. The summed E-state index contributed by atoms with van der Waals surface area (Å²) in [6.45, 7) is 6.71.